The zero-order chi connectivity index (χ0) is 17.2. The van der Waals surface area contributed by atoms with Crippen LogP contribution in [0.5, 0.6) is 0 Å². The quantitative estimate of drug-likeness (QED) is 0.818. The van der Waals surface area contributed by atoms with Crippen LogP contribution in [0.3, 0.4) is 0 Å². The molecule has 9 heteroatoms. The number of halogens is 5. The number of nitrogens with one attached hydrogen (secondary N) is 2. The molecule has 0 atom stereocenters. The van der Waals surface area contributed by atoms with Crippen molar-refractivity contribution in [2.45, 2.75) is 26.1 Å². The van der Waals surface area contributed by atoms with Crippen molar-refractivity contribution in [1.82, 2.24) is 9.97 Å². The molecule has 0 spiro atoms. The number of aromatic nitrogens is 2. The molecule has 4 nitrogen and oxygen atoms in total. The van der Waals surface area contributed by atoms with Gasteiger partial charge >= 0.3 is 6.18 Å². The van der Waals surface area contributed by atoms with Gasteiger partial charge in [-0.25, -0.2) is 13.8 Å². The molecule has 0 radical (unpaired) electrons. The van der Waals surface area contributed by atoms with E-state index in [1.54, 1.807) is 13.8 Å². The second kappa shape index (κ2) is 6.35. The zero-order valence-corrected chi connectivity index (χ0v) is 12.2. The Balaban J connectivity index is 2.42. The molecule has 0 aliphatic heterocycles. The molecule has 2 aromatic rings. The smallest absolute Gasteiger partial charge is 0.352 e. The molecule has 1 aromatic heterocycles. The number of rotatable bonds is 4. The molecule has 0 saturated carbocycles. The topological polar surface area (TPSA) is 49.8 Å². The Hall–Kier alpha value is -2.45. The van der Waals surface area contributed by atoms with Crippen LogP contribution in [0.25, 0.3) is 0 Å². The first-order valence-corrected chi connectivity index (χ1v) is 6.60. The van der Waals surface area contributed by atoms with E-state index < -0.39 is 23.5 Å². The van der Waals surface area contributed by atoms with Gasteiger partial charge in [0.25, 0.3) is 0 Å². The van der Waals surface area contributed by atoms with Crippen LogP contribution in [0.1, 0.15) is 19.5 Å². The maximum atomic E-state index is 13.6. The van der Waals surface area contributed by atoms with Gasteiger partial charge in [0.15, 0.2) is 17.3 Å². The third kappa shape index (κ3) is 4.27. The maximum absolute atomic E-state index is 13.6. The summed E-state index contributed by atoms with van der Waals surface area (Å²) in [6.45, 7) is 3.39. The molecule has 0 saturated heterocycles. The average Bonchev–Trinajstić information content (AvgIpc) is 2.42. The van der Waals surface area contributed by atoms with Crippen molar-refractivity contribution < 1.29 is 22.0 Å². The molecule has 23 heavy (non-hydrogen) atoms. The van der Waals surface area contributed by atoms with Crippen LogP contribution in [0.4, 0.5) is 39.4 Å². The van der Waals surface area contributed by atoms with Gasteiger partial charge in [0.2, 0.25) is 5.95 Å². The molecule has 1 heterocycles. The van der Waals surface area contributed by atoms with Gasteiger partial charge in [-0.15, -0.1) is 0 Å². The van der Waals surface area contributed by atoms with Gasteiger partial charge in [0.1, 0.15) is 5.82 Å². The van der Waals surface area contributed by atoms with E-state index in [-0.39, 0.29) is 23.5 Å². The van der Waals surface area contributed by atoms with E-state index in [4.69, 9.17) is 0 Å². The summed E-state index contributed by atoms with van der Waals surface area (Å²) < 4.78 is 65.4. The van der Waals surface area contributed by atoms with E-state index in [1.807, 2.05) is 0 Å². The van der Waals surface area contributed by atoms with Gasteiger partial charge in [-0.1, -0.05) is 6.07 Å². The fourth-order valence-electron chi connectivity index (χ4n) is 1.72. The monoisotopic (exact) mass is 332 g/mol. The highest BCUT2D eigenvalue weighted by molar-refractivity contribution is 5.58. The minimum absolute atomic E-state index is 0.211. The van der Waals surface area contributed by atoms with Crippen molar-refractivity contribution in [1.29, 1.82) is 0 Å². The number of benzene rings is 1. The lowest BCUT2D eigenvalue weighted by molar-refractivity contribution is -0.141. The highest BCUT2D eigenvalue weighted by Gasteiger charge is 2.34. The van der Waals surface area contributed by atoms with Crippen molar-refractivity contribution in [3.05, 3.63) is 41.6 Å². The molecule has 2 N–H and O–H groups in total. The third-order valence-electron chi connectivity index (χ3n) is 2.65. The second-order valence-electron chi connectivity index (χ2n) is 4.99. The van der Waals surface area contributed by atoms with Crippen LogP contribution in [-0.2, 0) is 6.18 Å². The van der Waals surface area contributed by atoms with Gasteiger partial charge in [-0.3, -0.25) is 0 Å². The first-order chi connectivity index (χ1) is 10.7. The molecule has 0 aliphatic rings. The molecule has 2 rings (SSSR count). The third-order valence-corrected chi connectivity index (χ3v) is 2.65. The molecule has 0 bridgehead atoms. The highest BCUT2D eigenvalue weighted by Crippen LogP contribution is 2.31. The van der Waals surface area contributed by atoms with E-state index in [9.17, 15) is 22.0 Å². The largest absolute Gasteiger partial charge is 0.433 e. The van der Waals surface area contributed by atoms with Crippen LogP contribution in [0, 0.1) is 11.6 Å². The van der Waals surface area contributed by atoms with E-state index in [0.29, 0.717) is 6.07 Å². The van der Waals surface area contributed by atoms with Crippen LogP contribution in [0.15, 0.2) is 24.3 Å². The van der Waals surface area contributed by atoms with Crippen LogP contribution >= 0.6 is 0 Å². The van der Waals surface area contributed by atoms with Crippen LogP contribution in [-0.4, -0.2) is 16.0 Å². The Labute approximate surface area is 128 Å². The molecule has 0 fully saturated rings. The summed E-state index contributed by atoms with van der Waals surface area (Å²) in [6, 6.07) is 3.71. The summed E-state index contributed by atoms with van der Waals surface area (Å²) in [5.41, 5.74) is -1.53. The standard InChI is InChI=1S/C14H13F5N4/c1-7(2)20-13-22-10(14(17,18)19)6-11(23-13)21-9-5-3-4-8(15)12(9)16/h3-7H,1-2H3,(H2,20,21,22,23). The van der Waals surface area contributed by atoms with Crippen molar-refractivity contribution in [2.75, 3.05) is 10.6 Å². The van der Waals surface area contributed by atoms with Gasteiger partial charge in [0.05, 0.1) is 5.69 Å². The van der Waals surface area contributed by atoms with Crippen molar-refractivity contribution >= 4 is 17.5 Å². The number of hydrogen-bond acceptors (Lipinski definition) is 4. The Morgan fingerprint density at radius 2 is 1.78 bits per heavy atom. The SMILES string of the molecule is CC(C)Nc1nc(Nc2cccc(F)c2F)cc(C(F)(F)F)n1. The zero-order valence-electron chi connectivity index (χ0n) is 12.2. The average molecular weight is 332 g/mol. The Morgan fingerprint density at radius 1 is 1.09 bits per heavy atom. The minimum atomic E-state index is -4.70. The predicted octanol–water partition coefficient (Wildman–Crippen LogP) is 4.34. The lowest BCUT2D eigenvalue weighted by Gasteiger charge is -2.14. The second-order valence-corrected chi connectivity index (χ2v) is 4.99. The van der Waals surface area contributed by atoms with E-state index in [2.05, 4.69) is 20.6 Å². The summed E-state index contributed by atoms with van der Waals surface area (Å²) in [5, 5.41) is 4.97. The summed E-state index contributed by atoms with van der Waals surface area (Å²) in [6.07, 6.45) is -4.70. The lowest BCUT2D eigenvalue weighted by Crippen LogP contribution is -2.17. The molecule has 0 amide bonds. The molecular formula is C14H13F5N4. The molecule has 0 unspecified atom stereocenters. The Bertz CT molecular complexity index is 700. The molecular weight excluding hydrogens is 319 g/mol. The maximum Gasteiger partial charge on any atom is 0.433 e. The minimum Gasteiger partial charge on any atom is -0.352 e. The van der Waals surface area contributed by atoms with Crippen molar-refractivity contribution in [3.8, 4) is 0 Å². The Morgan fingerprint density at radius 3 is 2.39 bits per heavy atom. The van der Waals surface area contributed by atoms with Crippen molar-refractivity contribution in [3.63, 3.8) is 0 Å². The van der Waals surface area contributed by atoms with Crippen molar-refractivity contribution in [2.24, 2.45) is 0 Å². The number of hydrogen-bond donors (Lipinski definition) is 2. The van der Waals surface area contributed by atoms with Crippen LogP contribution in [0.2, 0.25) is 0 Å². The summed E-state index contributed by atoms with van der Waals surface area (Å²) in [5.74, 6) is -2.91. The number of nitrogens with zero attached hydrogens (tertiary/aromatic N) is 2. The summed E-state index contributed by atoms with van der Waals surface area (Å²) >= 11 is 0. The van der Waals surface area contributed by atoms with Crippen LogP contribution < -0.4 is 10.6 Å². The van der Waals surface area contributed by atoms with Gasteiger partial charge in [-0.05, 0) is 26.0 Å². The first kappa shape index (κ1) is 16.9. The normalized spacial score (nSPS) is 11.7. The van der Waals surface area contributed by atoms with E-state index in [0.717, 1.165) is 6.07 Å². The number of alkyl halides is 3. The predicted molar refractivity (Wildman–Crippen MR) is 75.4 cm³/mol. The molecule has 0 aliphatic carbocycles. The highest BCUT2D eigenvalue weighted by atomic mass is 19.4. The first-order valence-electron chi connectivity index (χ1n) is 6.60. The van der Waals surface area contributed by atoms with E-state index in [1.165, 1.54) is 12.1 Å². The molecule has 1 aromatic carbocycles. The van der Waals surface area contributed by atoms with Gasteiger partial charge < -0.3 is 10.6 Å². The molecule has 124 valence electrons. The van der Waals surface area contributed by atoms with Gasteiger partial charge in [0, 0.05) is 12.1 Å². The summed E-state index contributed by atoms with van der Waals surface area (Å²) in [7, 11) is 0. The lowest BCUT2D eigenvalue weighted by atomic mass is 10.3. The number of anilines is 3. The van der Waals surface area contributed by atoms with E-state index >= 15 is 0 Å². The fraction of sp³-hybridized carbons (Fsp3) is 0.286. The van der Waals surface area contributed by atoms with Gasteiger partial charge in [-0.2, -0.15) is 18.2 Å². The Kier molecular flexibility index (Phi) is 4.67. The fourth-order valence-corrected chi connectivity index (χ4v) is 1.72. The summed E-state index contributed by atoms with van der Waals surface area (Å²) in [4.78, 5) is 7.20.